The predicted molar refractivity (Wildman–Crippen MR) is 52.9 cm³/mol. The highest BCUT2D eigenvalue weighted by Gasteiger charge is 2.45. The maximum absolute atomic E-state index is 10.5. The van der Waals surface area contributed by atoms with E-state index in [1.807, 2.05) is 18.2 Å². The molecule has 0 radical (unpaired) electrons. The number of hydrogen-bond donors (Lipinski definition) is 1. The number of carbonyl (C=O) groups is 1. The molecule has 74 valence electrons. The van der Waals surface area contributed by atoms with Gasteiger partial charge in [0.25, 0.3) is 0 Å². The molecule has 3 nitrogen and oxygen atoms in total. The summed E-state index contributed by atoms with van der Waals surface area (Å²) in [6, 6.07) is 10.1. The Labute approximate surface area is 82.9 Å². The van der Waals surface area contributed by atoms with Gasteiger partial charge in [-0.25, -0.2) is 4.79 Å². The quantitative estimate of drug-likeness (QED) is 0.792. The number of hydrogen-bond acceptors (Lipinski definition) is 2. The summed E-state index contributed by atoms with van der Waals surface area (Å²) in [4.78, 5) is 10.5. The van der Waals surface area contributed by atoms with Gasteiger partial charge in [-0.15, -0.1) is 0 Å². The summed E-state index contributed by atoms with van der Waals surface area (Å²) in [6.45, 7) is 0.409. The third-order valence-corrected chi connectivity index (χ3v) is 2.73. The Morgan fingerprint density at radius 1 is 1.36 bits per heavy atom. The van der Waals surface area contributed by atoms with Crippen LogP contribution in [-0.2, 0) is 10.2 Å². The minimum Gasteiger partial charge on any atom is -0.449 e. The zero-order valence-corrected chi connectivity index (χ0v) is 7.90. The Morgan fingerprint density at radius 2 is 2.00 bits per heavy atom. The van der Waals surface area contributed by atoms with Crippen LogP contribution in [0.1, 0.15) is 18.4 Å². The molecular weight excluding hydrogens is 178 g/mol. The van der Waals surface area contributed by atoms with Gasteiger partial charge in [0.15, 0.2) is 0 Å². The molecule has 0 heterocycles. The standard InChI is InChI=1S/C11H13NO2/c12-10(13)14-8-11(6-7-11)9-4-2-1-3-5-9/h1-5H,6-8H2,(H2,12,13). The Hall–Kier alpha value is -1.51. The van der Waals surface area contributed by atoms with Crippen molar-refractivity contribution in [3.05, 3.63) is 35.9 Å². The van der Waals surface area contributed by atoms with Gasteiger partial charge in [-0.05, 0) is 18.4 Å². The largest absolute Gasteiger partial charge is 0.449 e. The highest BCUT2D eigenvalue weighted by molar-refractivity contribution is 5.64. The fraction of sp³-hybridized carbons (Fsp3) is 0.364. The van der Waals surface area contributed by atoms with Crippen LogP contribution in [0.4, 0.5) is 4.79 Å². The SMILES string of the molecule is NC(=O)OCC1(c2ccccc2)CC1. The second kappa shape index (κ2) is 3.33. The van der Waals surface area contributed by atoms with Gasteiger partial charge >= 0.3 is 6.09 Å². The molecular formula is C11H13NO2. The van der Waals surface area contributed by atoms with E-state index in [9.17, 15) is 4.79 Å². The molecule has 0 bridgehead atoms. The minimum absolute atomic E-state index is 0.0519. The second-order valence-electron chi connectivity index (χ2n) is 3.75. The molecule has 1 aliphatic rings. The van der Waals surface area contributed by atoms with E-state index in [0.29, 0.717) is 6.61 Å². The molecule has 1 aromatic rings. The average Bonchev–Trinajstić information content (AvgIpc) is 2.97. The van der Waals surface area contributed by atoms with Crippen molar-refractivity contribution >= 4 is 6.09 Å². The summed E-state index contributed by atoms with van der Waals surface area (Å²) >= 11 is 0. The topological polar surface area (TPSA) is 52.3 Å². The van der Waals surface area contributed by atoms with E-state index in [1.54, 1.807) is 0 Å². The van der Waals surface area contributed by atoms with Crippen LogP contribution in [0.15, 0.2) is 30.3 Å². The van der Waals surface area contributed by atoms with Gasteiger partial charge in [0.05, 0.1) is 0 Å². The first-order valence-electron chi connectivity index (χ1n) is 4.71. The highest BCUT2D eigenvalue weighted by atomic mass is 16.5. The van der Waals surface area contributed by atoms with Gasteiger partial charge in [0.2, 0.25) is 0 Å². The van der Waals surface area contributed by atoms with Crippen LogP contribution in [0, 0.1) is 0 Å². The molecule has 0 aromatic heterocycles. The number of nitrogens with two attached hydrogens (primary N) is 1. The first-order valence-corrected chi connectivity index (χ1v) is 4.71. The number of rotatable bonds is 3. The Bertz CT molecular complexity index is 330. The lowest BCUT2D eigenvalue weighted by Crippen LogP contribution is -2.22. The van der Waals surface area contributed by atoms with Crippen LogP contribution in [0.3, 0.4) is 0 Å². The second-order valence-corrected chi connectivity index (χ2v) is 3.75. The number of ether oxygens (including phenoxy) is 1. The normalized spacial score (nSPS) is 17.4. The minimum atomic E-state index is -0.688. The van der Waals surface area contributed by atoms with Crippen LogP contribution < -0.4 is 5.73 Å². The zero-order valence-electron chi connectivity index (χ0n) is 7.90. The lowest BCUT2D eigenvalue weighted by atomic mass is 9.97. The Kier molecular flexibility index (Phi) is 2.15. The molecule has 0 aliphatic heterocycles. The molecule has 1 amide bonds. The van der Waals surface area contributed by atoms with Crippen molar-refractivity contribution in [2.75, 3.05) is 6.61 Å². The monoisotopic (exact) mass is 191 g/mol. The molecule has 1 aliphatic carbocycles. The molecule has 0 spiro atoms. The zero-order chi connectivity index (χ0) is 10.0. The van der Waals surface area contributed by atoms with E-state index >= 15 is 0 Å². The first kappa shape index (κ1) is 9.06. The van der Waals surface area contributed by atoms with Crippen LogP contribution >= 0.6 is 0 Å². The maximum Gasteiger partial charge on any atom is 0.404 e. The van der Waals surface area contributed by atoms with E-state index in [2.05, 4.69) is 12.1 Å². The van der Waals surface area contributed by atoms with Gasteiger partial charge in [0.1, 0.15) is 6.61 Å². The van der Waals surface area contributed by atoms with E-state index < -0.39 is 6.09 Å². The molecule has 1 aromatic carbocycles. The third kappa shape index (κ3) is 1.71. The van der Waals surface area contributed by atoms with Crippen molar-refractivity contribution in [3.8, 4) is 0 Å². The van der Waals surface area contributed by atoms with E-state index in [-0.39, 0.29) is 5.41 Å². The highest BCUT2D eigenvalue weighted by Crippen LogP contribution is 2.48. The average molecular weight is 191 g/mol. The van der Waals surface area contributed by atoms with Crippen LogP contribution in [0.5, 0.6) is 0 Å². The molecule has 0 unspecified atom stereocenters. The van der Waals surface area contributed by atoms with Gasteiger partial charge in [-0.2, -0.15) is 0 Å². The van der Waals surface area contributed by atoms with E-state index in [4.69, 9.17) is 10.5 Å². The van der Waals surface area contributed by atoms with Gasteiger partial charge in [-0.1, -0.05) is 30.3 Å². The number of carbonyl (C=O) groups excluding carboxylic acids is 1. The number of amides is 1. The van der Waals surface area contributed by atoms with Gasteiger partial charge in [0, 0.05) is 5.41 Å². The Balaban J connectivity index is 2.06. The van der Waals surface area contributed by atoms with Crippen molar-refractivity contribution < 1.29 is 9.53 Å². The summed E-state index contributed by atoms with van der Waals surface area (Å²) in [6.07, 6.45) is 1.46. The molecule has 0 atom stereocenters. The molecule has 2 rings (SSSR count). The Morgan fingerprint density at radius 3 is 2.50 bits per heavy atom. The van der Waals surface area contributed by atoms with Crippen LogP contribution in [-0.4, -0.2) is 12.7 Å². The predicted octanol–water partition coefficient (Wildman–Crippen LogP) is 1.81. The van der Waals surface area contributed by atoms with E-state index in [1.165, 1.54) is 5.56 Å². The molecule has 0 saturated heterocycles. The summed E-state index contributed by atoms with van der Waals surface area (Å²) in [5.41, 5.74) is 6.23. The maximum atomic E-state index is 10.5. The summed E-state index contributed by atoms with van der Waals surface area (Å²) in [5, 5.41) is 0. The summed E-state index contributed by atoms with van der Waals surface area (Å²) in [5.74, 6) is 0. The van der Waals surface area contributed by atoms with Crippen molar-refractivity contribution in [2.45, 2.75) is 18.3 Å². The van der Waals surface area contributed by atoms with E-state index in [0.717, 1.165) is 12.8 Å². The summed E-state index contributed by atoms with van der Waals surface area (Å²) < 4.78 is 4.86. The lowest BCUT2D eigenvalue weighted by Gasteiger charge is -2.14. The first-order chi connectivity index (χ1) is 6.73. The molecule has 1 saturated carbocycles. The van der Waals surface area contributed by atoms with Crippen LogP contribution in [0.25, 0.3) is 0 Å². The lowest BCUT2D eigenvalue weighted by molar-refractivity contribution is 0.145. The van der Waals surface area contributed by atoms with Gasteiger partial charge < -0.3 is 10.5 Å². The number of benzene rings is 1. The van der Waals surface area contributed by atoms with Crippen molar-refractivity contribution in [3.63, 3.8) is 0 Å². The van der Waals surface area contributed by atoms with Gasteiger partial charge in [-0.3, -0.25) is 0 Å². The van der Waals surface area contributed by atoms with Crippen molar-refractivity contribution in [1.82, 2.24) is 0 Å². The fourth-order valence-corrected chi connectivity index (χ4v) is 1.67. The molecule has 14 heavy (non-hydrogen) atoms. The molecule has 1 fully saturated rings. The summed E-state index contributed by atoms with van der Waals surface area (Å²) in [7, 11) is 0. The molecule has 2 N–H and O–H groups in total. The smallest absolute Gasteiger partial charge is 0.404 e. The van der Waals surface area contributed by atoms with Crippen LogP contribution in [0.2, 0.25) is 0 Å². The fourth-order valence-electron chi connectivity index (χ4n) is 1.67. The van der Waals surface area contributed by atoms with Crippen molar-refractivity contribution in [2.24, 2.45) is 5.73 Å². The van der Waals surface area contributed by atoms with Crippen molar-refractivity contribution in [1.29, 1.82) is 0 Å². The number of primary amides is 1. The third-order valence-electron chi connectivity index (χ3n) is 2.73. The molecule has 3 heteroatoms.